The molecule has 0 bridgehead atoms. The van der Waals surface area contributed by atoms with Crippen LogP contribution < -0.4 is 0 Å². The van der Waals surface area contributed by atoms with Crippen molar-refractivity contribution in [1.82, 2.24) is 4.57 Å². The third-order valence-electron chi connectivity index (χ3n) is 4.10. The SMILES string of the molecule is Cc1ccccc1N=Cc1ccc(C=Nc2ccccc2C)n1C.[CH3-].[CH3-].[Fe+2]. The maximum atomic E-state index is 4.59. The van der Waals surface area contributed by atoms with Crippen molar-refractivity contribution >= 4 is 23.8 Å². The van der Waals surface area contributed by atoms with Crippen molar-refractivity contribution in [3.63, 3.8) is 0 Å². The number of hydrogen-bond donors (Lipinski definition) is 0. The molecule has 3 aromatic rings. The van der Waals surface area contributed by atoms with Crippen LogP contribution in [0.1, 0.15) is 22.5 Å². The Bertz CT molecular complexity index is 834. The molecule has 0 amide bonds. The van der Waals surface area contributed by atoms with Crippen LogP contribution in [0, 0.1) is 28.7 Å². The number of para-hydroxylation sites is 2. The van der Waals surface area contributed by atoms with E-state index in [4.69, 9.17) is 0 Å². The van der Waals surface area contributed by atoms with E-state index in [0.29, 0.717) is 0 Å². The molecule has 0 N–H and O–H groups in total. The molecule has 0 radical (unpaired) electrons. The predicted molar refractivity (Wildman–Crippen MR) is 115 cm³/mol. The zero-order chi connectivity index (χ0) is 16.9. The number of aryl methyl sites for hydroxylation is 2. The van der Waals surface area contributed by atoms with Gasteiger partial charge < -0.3 is 19.4 Å². The Morgan fingerprint density at radius 1 is 0.667 bits per heavy atom. The summed E-state index contributed by atoms with van der Waals surface area (Å²) in [6.07, 6.45) is 3.79. The average molecular weight is 401 g/mol. The summed E-state index contributed by atoms with van der Waals surface area (Å²) >= 11 is 0. The number of aliphatic imine (C=N–C) groups is 2. The molecule has 1 heterocycles. The topological polar surface area (TPSA) is 29.6 Å². The van der Waals surface area contributed by atoms with Crippen LogP contribution in [0.2, 0.25) is 0 Å². The Labute approximate surface area is 174 Å². The van der Waals surface area contributed by atoms with Gasteiger partial charge in [-0.05, 0) is 49.2 Å². The molecule has 0 aliphatic carbocycles. The van der Waals surface area contributed by atoms with Gasteiger partial charge in [-0.1, -0.05) is 36.4 Å². The second kappa shape index (κ2) is 11.3. The van der Waals surface area contributed by atoms with Crippen molar-refractivity contribution in [2.75, 3.05) is 0 Å². The van der Waals surface area contributed by atoms with E-state index in [1.165, 1.54) is 11.1 Å². The molecule has 3 nitrogen and oxygen atoms in total. The van der Waals surface area contributed by atoms with Gasteiger partial charge in [0.2, 0.25) is 0 Å². The molecule has 3 rings (SSSR count). The fraction of sp³-hybridized carbons (Fsp3) is 0.130. The minimum absolute atomic E-state index is 0. The van der Waals surface area contributed by atoms with Gasteiger partial charge in [-0.25, -0.2) is 0 Å². The Morgan fingerprint density at radius 2 is 1.04 bits per heavy atom. The third kappa shape index (κ3) is 6.06. The maximum absolute atomic E-state index is 4.59. The summed E-state index contributed by atoms with van der Waals surface area (Å²) in [6, 6.07) is 20.4. The van der Waals surface area contributed by atoms with Gasteiger partial charge in [-0.15, -0.1) is 0 Å². The van der Waals surface area contributed by atoms with Gasteiger partial charge in [0.1, 0.15) is 0 Å². The number of hydrogen-bond acceptors (Lipinski definition) is 2. The third-order valence-corrected chi connectivity index (χ3v) is 4.10. The maximum Gasteiger partial charge on any atom is 2.00 e. The number of rotatable bonds is 4. The Morgan fingerprint density at radius 3 is 1.41 bits per heavy atom. The van der Waals surface area contributed by atoms with Crippen molar-refractivity contribution < 1.29 is 17.1 Å². The first kappa shape index (κ1) is 24.6. The largest absolute Gasteiger partial charge is 2.00 e. The summed E-state index contributed by atoms with van der Waals surface area (Å²) in [5, 5.41) is 0. The number of benzene rings is 2. The molecule has 0 atom stereocenters. The second-order valence-corrected chi connectivity index (χ2v) is 5.83. The number of nitrogens with zero attached hydrogens (tertiary/aromatic N) is 3. The molecule has 4 heteroatoms. The second-order valence-electron chi connectivity index (χ2n) is 5.83. The van der Waals surface area contributed by atoms with Crippen molar-refractivity contribution in [3.05, 3.63) is 98.0 Å². The molecule has 2 aromatic carbocycles. The molecular formula is C23H27FeN3. The van der Waals surface area contributed by atoms with Gasteiger partial charge in [0.25, 0.3) is 0 Å². The fourth-order valence-electron chi connectivity index (χ4n) is 2.49. The smallest absolute Gasteiger partial charge is 0.358 e. The Kier molecular flexibility index (Phi) is 10.3. The van der Waals surface area contributed by atoms with E-state index < -0.39 is 0 Å². The summed E-state index contributed by atoms with van der Waals surface area (Å²) < 4.78 is 2.09. The van der Waals surface area contributed by atoms with Crippen LogP contribution in [0.3, 0.4) is 0 Å². The minimum Gasteiger partial charge on any atom is -0.358 e. The van der Waals surface area contributed by atoms with Crippen LogP contribution in [-0.2, 0) is 24.1 Å². The van der Waals surface area contributed by atoms with E-state index in [-0.39, 0.29) is 31.9 Å². The molecule has 0 saturated carbocycles. The van der Waals surface area contributed by atoms with Gasteiger partial charge in [0.05, 0.1) is 35.2 Å². The molecule has 0 fully saturated rings. The van der Waals surface area contributed by atoms with E-state index in [1.54, 1.807) is 0 Å². The predicted octanol–water partition coefficient (Wildman–Crippen LogP) is 6.04. The van der Waals surface area contributed by atoms with E-state index in [9.17, 15) is 0 Å². The Balaban J connectivity index is 0.00000225. The van der Waals surface area contributed by atoms with Gasteiger partial charge in [0, 0.05) is 7.05 Å². The number of aromatic nitrogens is 1. The van der Waals surface area contributed by atoms with E-state index in [1.807, 2.05) is 55.9 Å². The van der Waals surface area contributed by atoms with Gasteiger partial charge in [-0.3, -0.25) is 9.98 Å². The van der Waals surface area contributed by atoms with Gasteiger partial charge in [-0.2, -0.15) is 0 Å². The van der Waals surface area contributed by atoms with Crippen molar-refractivity contribution in [1.29, 1.82) is 0 Å². The molecular weight excluding hydrogens is 374 g/mol. The molecule has 27 heavy (non-hydrogen) atoms. The molecule has 0 unspecified atom stereocenters. The normalized spacial score (nSPS) is 10.3. The van der Waals surface area contributed by atoms with Crippen molar-refractivity contribution in [2.24, 2.45) is 17.0 Å². The molecule has 0 spiro atoms. The first-order chi connectivity index (χ1) is 11.6. The quantitative estimate of drug-likeness (QED) is 0.290. The Hall–Kier alpha value is -2.42. The molecule has 1 aromatic heterocycles. The summed E-state index contributed by atoms with van der Waals surface area (Å²) in [7, 11) is 2.03. The van der Waals surface area contributed by atoms with E-state index in [2.05, 4.69) is 52.7 Å². The van der Waals surface area contributed by atoms with E-state index in [0.717, 1.165) is 22.8 Å². The zero-order valence-corrected chi connectivity index (χ0v) is 17.7. The van der Waals surface area contributed by atoms with Crippen molar-refractivity contribution in [3.8, 4) is 0 Å². The monoisotopic (exact) mass is 401 g/mol. The van der Waals surface area contributed by atoms with Crippen LogP contribution in [0.4, 0.5) is 11.4 Å². The van der Waals surface area contributed by atoms with Crippen LogP contribution in [0.25, 0.3) is 0 Å². The van der Waals surface area contributed by atoms with Crippen LogP contribution in [-0.4, -0.2) is 17.0 Å². The molecule has 0 saturated heterocycles. The summed E-state index contributed by atoms with van der Waals surface area (Å²) in [5.41, 5.74) is 6.42. The van der Waals surface area contributed by atoms with Crippen molar-refractivity contribution in [2.45, 2.75) is 13.8 Å². The minimum atomic E-state index is 0. The van der Waals surface area contributed by atoms with Gasteiger partial charge in [0.15, 0.2) is 0 Å². The van der Waals surface area contributed by atoms with Crippen LogP contribution in [0.15, 0.2) is 70.6 Å². The van der Waals surface area contributed by atoms with E-state index >= 15 is 0 Å². The van der Waals surface area contributed by atoms with Gasteiger partial charge >= 0.3 is 17.1 Å². The first-order valence-corrected chi connectivity index (χ1v) is 8.00. The molecule has 0 aliphatic rings. The zero-order valence-electron chi connectivity index (χ0n) is 16.6. The standard InChI is InChI=1S/C21H21N3.2CH3.Fe/c1-16-8-4-6-10-20(16)22-14-18-12-13-19(24(18)3)15-23-21-11-7-5-9-17(21)2;;;/h4-15H,1-3H3;2*1H3;/q;2*-1;+2. The molecule has 142 valence electrons. The summed E-state index contributed by atoms with van der Waals surface area (Å²) in [5.74, 6) is 0. The molecule has 0 aliphatic heterocycles. The fourth-order valence-corrected chi connectivity index (χ4v) is 2.49. The van der Waals surface area contributed by atoms with Crippen LogP contribution >= 0.6 is 0 Å². The average Bonchev–Trinajstić information content (AvgIpc) is 2.94. The summed E-state index contributed by atoms with van der Waals surface area (Å²) in [6.45, 7) is 4.13. The van der Waals surface area contributed by atoms with Crippen LogP contribution in [0.5, 0.6) is 0 Å². The first-order valence-electron chi connectivity index (χ1n) is 8.00. The summed E-state index contributed by atoms with van der Waals surface area (Å²) in [4.78, 5) is 9.18.